The molecular weight excluding hydrogens is 243 g/mol. The molecule has 1 aliphatic rings. The van der Waals surface area contributed by atoms with Crippen molar-refractivity contribution in [1.82, 2.24) is 5.32 Å². The molecule has 2 N–H and O–H groups in total. The van der Waals surface area contributed by atoms with Crippen molar-refractivity contribution in [3.8, 4) is 0 Å². The molecule has 2 nitrogen and oxygen atoms in total. The minimum absolute atomic E-state index is 0.00372. The molecule has 1 aromatic rings. The average molecular weight is 259 g/mol. The number of rotatable bonds is 3. The molecule has 1 saturated heterocycles. The third kappa shape index (κ3) is 2.84. The Morgan fingerprint density at radius 1 is 1.33 bits per heavy atom. The Hall–Kier alpha value is -1.07. The van der Waals surface area contributed by atoms with E-state index in [0.717, 1.165) is 19.0 Å². The molecule has 0 spiro atoms. The molecule has 0 bridgehead atoms. The van der Waals surface area contributed by atoms with E-state index < -0.39 is 11.7 Å². The van der Waals surface area contributed by atoms with Crippen LogP contribution in [0.5, 0.6) is 0 Å². The van der Waals surface area contributed by atoms with Gasteiger partial charge >= 0.3 is 6.18 Å². The highest BCUT2D eigenvalue weighted by Crippen LogP contribution is 2.33. The highest BCUT2D eigenvalue weighted by atomic mass is 19.4. The predicted molar refractivity (Wildman–Crippen MR) is 62.2 cm³/mol. The van der Waals surface area contributed by atoms with Crippen molar-refractivity contribution in [2.24, 2.45) is 5.41 Å². The van der Waals surface area contributed by atoms with E-state index in [1.807, 2.05) is 0 Å². The molecule has 1 heterocycles. The highest BCUT2D eigenvalue weighted by Gasteiger charge is 2.35. The van der Waals surface area contributed by atoms with E-state index in [9.17, 15) is 18.3 Å². The van der Waals surface area contributed by atoms with Crippen molar-refractivity contribution >= 4 is 0 Å². The first-order chi connectivity index (χ1) is 8.45. The molecule has 1 atom stereocenters. The molecule has 0 radical (unpaired) electrons. The van der Waals surface area contributed by atoms with Crippen molar-refractivity contribution in [2.75, 3.05) is 19.7 Å². The van der Waals surface area contributed by atoms with Crippen LogP contribution in [-0.4, -0.2) is 24.8 Å². The Morgan fingerprint density at radius 3 is 2.67 bits per heavy atom. The van der Waals surface area contributed by atoms with Gasteiger partial charge in [0.2, 0.25) is 0 Å². The third-order valence-corrected chi connectivity index (χ3v) is 3.50. The minimum Gasteiger partial charge on any atom is -0.396 e. The summed E-state index contributed by atoms with van der Waals surface area (Å²) in [6, 6.07) is 5.36. The Bertz CT molecular complexity index is 411. The number of aliphatic hydroxyl groups excluding tert-OH is 1. The van der Waals surface area contributed by atoms with Crippen molar-refractivity contribution < 1.29 is 18.3 Å². The lowest BCUT2D eigenvalue weighted by atomic mass is 9.81. The van der Waals surface area contributed by atoms with Gasteiger partial charge in [-0.2, -0.15) is 13.2 Å². The van der Waals surface area contributed by atoms with E-state index in [2.05, 4.69) is 5.32 Å². The first-order valence-electron chi connectivity index (χ1n) is 5.93. The Labute approximate surface area is 104 Å². The molecule has 5 heteroatoms. The van der Waals surface area contributed by atoms with Crippen LogP contribution in [0.4, 0.5) is 13.2 Å². The van der Waals surface area contributed by atoms with Crippen LogP contribution < -0.4 is 5.32 Å². The molecule has 0 aromatic heterocycles. The normalized spacial score (nSPS) is 24.4. The number of hydrogen-bond acceptors (Lipinski definition) is 2. The summed E-state index contributed by atoms with van der Waals surface area (Å²) in [4.78, 5) is 0. The van der Waals surface area contributed by atoms with Crippen molar-refractivity contribution in [2.45, 2.75) is 19.0 Å². The van der Waals surface area contributed by atoms with Crippen LogP contribution >= 0.6 is 0 Å². The summed E-state index contributed by atoms with van der Waals surface area (Å²) in [6.07, 6.45) is -3.05. The zero-order valence-electron chi connectivity index (χ0n) is 9.93. The fourth-order valence-electron chi connectivity index (χ4n) is 2.43. The van der Waals surface area contributed by atoms with Crippen molar-refractivity contribution in [3.05, 3.63) is 35.4 Å². The first kappa shape index (κ1) is 13.4. The fourth-order valence-corrected chi connectivity index (χ4v) is 2.43. The van der Waals surface area contributed by atoms with Crippen LogP contribution in [0, 0.1) is 5.41 Å². The topological polar surface area (TPSA) is 32.3 Å². The van der Waals surface area contributed by atoms with Gasteiger partial charge in [0.05, 0.1) is 12.2 Å². The zero-order valence-corrected chi connectivity index (χ0v) is 9.93. The molecule has 1 aliphatic heterocycles. The number of aliphatic hydroxyl groups is 1. The second-order valence-corrected chi connectivity index (χ2v) is 4.96. The van der Waals surface area contributed by atoms with E-state index in [1.54, 1.807) is 6.07 Å². The maximum absolute atomic E-state index is 12.6. The lowest BCUT2D eigenvalue weighted by molar-refractivity contribution is -0.137. The SMILES string of the molecule is OCC1(Cc2cccc(C(F)(F)F)c2)CCNC1. The maximum atomic E-state index is 12.6. The molecule has 1 aromatic carbocycles. The monoisotopic (exact) mass is 259 g/mol. The molecule has 1 fully saturated rings. The van der Waals surface area contributed by atoms with Crippen molar-refractivity contribution in [1.29, 1.82) is 0 Å². The van der Waals surface area contributed by atoms with E-state index in [0.29, 0.717) is 18.5 Å². The summed E-state index contributed by atoms with van der Waals surface area (Å²) >= 11 is 0. The van der Waals surface area contributed by atoms with E-state index >= 15 is 0 Å². The number of benzene rings is 1. The number of nitrogens with one attached hydrogen (secondary N) is 1. The number of hydrogen-bond donors (Lipinski definition) is 2. The number of halogens is 3. The summed E-state index contributed by atoms with van der Waals surface area (Å²) in [5.74, 6) is 0. The Morgan fingerprint density at radius 2 is 2.11 bits per heavy atom. The standard InChI is InChI=1S/C13H16F3NO/c14-13(15,16)11-3-1-2-10(6-11)7-12(9-18)4-5-17-8-12/h1-3,6,17-18H,4-5,7-9H2. The van der Waals surface area contributed by atoms with Gasteiger partial charge in [0.1, 0.15) is 0 Å². The Kier molecular flexibility index (Phi) is 3.64. The maximum Gasteiger partial charge on any atom is 0.416 e. The summed E-state index contributed by atoms with van der Waals surface area (Å²) in [7, 11) is 0. The van der Waals surface area contributed by atoms with Crippen LogP contribution in [0.3, 0.4) is 0 Å². The van der Waals surface area contributed by atoms with Gasteiger partial charge < -0.3 is 10.4 Å². The van der Waals surface area contributed by atoms with Gasteiger partial charge in [0, 0.05) is 12.0 Å². The fraction of sp³-hybridized carbons (Fsp3) is 0.538. The third-order valence-electron chi connectivity index (χ3n) is 3.50. The molecule has 0 aliphatic carbocycles. The highest BCUT2D eigenvalue weighted by molar-refractivity contribution is 5.27. The van der Waals surface area contributed by atoms with E-state index in [1.165, 1.54) is 12.1 Å². The number of alkyl halides is 3. The largest absolute Gasteiger partial charge is 0.416 e. The second-order valence-electron chi connectivity index (χ2n) is 4.96. The van der Waals surface area contributed by atoms with E-state index in [-0.39, 0.29) is 12.0 Å². The summed E-state index contributed by atoms with van der Waals surface area (Å²) in [6.45, 7) is 1.45. The van der Waals surface area contributed by atoms with Gasteiger partial charge in [-0.25, -0.2) is 0 Å². The smallest absolute Gasteiger partial charge is 0.396 e. The van der Waals surface area contributed by atoms with Gasteiger partial charge in [0.25, 0.3) is 0 Å². The predicted octanol–water partition coefficient (Wildman–Crippen LogP) is 2.22. The summed E-state index contributed by atoms with van der Waals surface area (Å²) in [5, 5.41) is 12.6. The summed E-state index contributed by atoms with van der Waals surface area (Å²) < 4.78 is 37.8. The van der Waals surface area contributed by atoms with Crippen LogP contribution in [-0.2, 0) is 12.6 Å². The lowest BCUT2D eigenvalue weighted by Gasteiger charge is -2.25. The molecule has 0 saturated carbocycles. The van der Waals surface area contributed by atoms with Gasteiger partial charge in [0.15, 0.2) is 0 Å². The van der Waals surface area contributed by atoms with Gasteiger partial charge in [-0.05, 0) is 31.0 Å². The lowest BCUT2D eigenvalue weighted by Crippen LogP contribution is -2.30. The van der Waals surface area contributed by atoms with Crippen LogP contribution in [0.2, 0.25) is 0 Å². The molecule has 0 amide bonds. The molecule has 18 heavy (non-hydrogen) atoms. The van der Waals surface area contributed by atoms with Gasteiger partial charge in [-0.15, -0.1) is 0 Å². The van der Waals surface area contributed by atoms with Crippen molar-refractivity contribution in [3.63, 3.8) is 0 Å². The van der Waals surface area contributed by atoms with Gasteiger partial charge in [-0.3, -0.25) is 0 Å². The van der Waals surface area contributed by atoms with Crippen LogP contribution in [0.25, 0.3) is 0 Å². The zero-order chi connectivity index (χ0) is 13.2. The molecular formula is C13H16F3NO. The van der Waals surface area contributed by atoms with E-state index in [4.69, 9.17) is 0 Å². The molecule has 1 unspecified atom stereocenters. The molecule has 100 valence electrons. The average Bonchev–Trinajstić information content (AvgIpc) is 2.77. The van der Waals surface area contributed by atoms with Crippen LogP contribution in [0.15, 0.2) is 24.3 Å². The minimum atomic E-state index is -4.31. The van der Waals surface area contributed by atoms with Gasteiger partial charge in [-0.1, -0.05) is 18.2 Å². The molecule has 2 rings (SSSR count). The van der Waals surface area contributed by atoms with Crippen LogP contribution in [0.1, 0.15) is 17.5 Å². The first-order valence-corrected chi connectivity index (χ1v) is 5.93. The Balaban J connectivity index is 2.19. The quantitative estimate of drug-likeness (QED) is 0.872. The summed E-state index contributed by atoms with van der Waals surface area (Å²) in [5.41, 5.74) is -0.314. The second kappa shape index (κ2) is 4.90.